The number of aryl methyl sites for hydroxylation is 1. The minimum atomic E-state index is 0.463. The molecule has 5 nitrogen and oxygen atoms in total. The fourth-order valence-corrected chi connectivity index (χ4v) is 3.45. The number of benzene rings is 1. The minimum absolute atomic E-state index is 0.463. The van der Waals surface area contributed by atoms with Gasteiger partial charge in [0.2, 0.25) is 0 Å². The zero-order valence-corrected chi connectivity index (χ0v) is 15.7. The second-order valence-electron chi connectivity index (χ2n) is 7.14. The van der Waals surface area contributed by atoms with Crippen LogP contribution in [0.15, 0.2) is 30.6 Å². The summed E-state index contributed by atoms with van der Waals surface area (Å²) in [6.07, 6.45) is 6.82. The fraction of sp³-hybridized carbons (Fsp3) is 0.500. The summed E-state index contributed by atoms with van der Waals surface area (Å²) in [4.78, 5) is 13.3. The van der Waals surface area contributed by atoms with Crippen LogP contribution in [-0.4, -0.2) is 61.1 Å². The summed E-state index contributed by atoms with van der Waals surface area (Å²) in [5, 5.41) is 0. The summed E-state index contributed by atoms with van der Waals surface area (Å²) in [6, 6.07) is 6.75. The molecule has 0 aliphatic heterocycles. The first-order valence-electron chi connectivity index (χ1n) is 8.94. The molecule has 25 heavy (non-hydrogen) atoms. The van der Waals surface area contributed by atoms with E-state index in [0.29, 0.717) is 12.6 Å². The van der Waals surface area contributed by atoms with Crippen LogP contribution in [0.1, 0.15) is 30.0 Å². The molecule has 0 fully saturated rings. The monoisotopic (exact) mass is 340 g/mol. The van der Waals surface area contributed by atoms with E-state index in [4.69, 9.17) is 4.74 Å². The number of ether oxygens (including phenoxy) is 1. The zero-order chi connectivity index (χ0) is 17.8. The molecule has 1 aliphatic carbocycles. The molecule has 134 valence electrons. The lowest BCUT2D eigenvalue weighted by Crippen LogP contribution is -2.17. The van der Waals surface area contributed by atoms with Crippen LogP contribution in [-0.2, 0) is 6.42 Å². The van der Waals surface area contributed by atoms with Gasteiger partial charge >= 0.3 is 0 Å². The van der Waals surface area contributed by atoms with Crippen LogP contribution in [0.4, 0.5) is 0 Å². The Morgan fingerprint density at radius 3 is 2.56 bits per heavy atom. The molecule has 2 aromatic rings. The number of hydrogen-bond donors (Lipinski definition) is 0. The summed E-state index contributed by atoms with van der Waals surface area (Å²) in [7, 11) is 8.46. The van der Waals surface area contributed by atoms with Crippen LogP contribution in [0.2, 0.25) is 0 Å². The second kappa shape index (κ2) is 7.93. The standard InChI is InChI=1S/C20H28N4O/c1-23(2)11-6-12-25-19-14-16-15(7-8-18(16)24(3)4)13-17(19)20-21-9-5-10-22-20/h5,9-10,13-14,18H,6-8,11-12H2,1-4H3. The van der Waals surface area contributed by atoms with E-state index in [1.165, 1.54) is 11.1 Å². The molecule has 0 saturated carbocycles. The molecule has 1 unspecified atom stereocenters. The average Bonchev–Trinajstić information content (AvgIpc) is 3.01. The minimum Gasteiger partial charge on any atom is -0.493 e. The Hall–Kier alpha value is -1.98. The van der Waals surface area contributed by atoms with Gasteiger partial charge in [-0.2, -0.15) is 0 Å². The fourth-order valence-electron chi connectivity index (χ4n) is 3.45. The average molecular weight is 340 g/mol. The van der Waals surface area contributed by atoms with E-state index in [0.717, 1.165) is 42.9 Å². The third kappa shape index (κ3) is 4.17. The van der Waals surface area contributed by atoms with Crippen LogP contribution in [0.25, 0.3) is 11.4 Å². The Morgan fingerprint density at radius 2 is 1.88 bits per heavy atom. The maximum Gasteiger partial charge on any atom is 0.162 e. The number of hydrogen-bond acceptors (Lipinski definition) is 5. The lowest BCUT2D eigenvalue weighted by atomic mass is 10.0. The number of fused-ring (bicyclic) bond motifs is 1. The molecule has 0 radical (unpaired) electrons. The summed E-state index contributed by atoms with van der Waals surface area (Å²) < 4.78 is 6.17. The largest absolute Gasteiger partial charge is 0.493 e. The second-order valence-corrected chi connectivity index (χ2v) is 7.14. The maximum absolute atomic E-state index is 6.17. The van der Waals surface area contributed by atoms with E-state index in [2.05, 4.69) is 60.1 Å². The van der Waals surface area contributed by atoms with Gasteiger partial charge in [0.05, 0.1) is 12.2 Å². The summed E-state index contributed by atoms with van der Waals surface area (Å²) >= 11 is 0. The van der Waals surface area contributed by atoms with Crippen molar-refractivity contribution in [3.63, 3.8) is 0 Å². The third-order valence-electron chi connectivity index (χ3n) is 4.72. The predicted octanol–water partition coefficient (Wildman–Crippen LogP) is 3.02. The van der Waals surface area contributed by atoms with Gasteiger partial charge in [0.1, 0.15) is 5.75 Å². The van der Waals surface area contributed by atoms with Crippen LogP contribution >= 0.6 is 0 Å². The van der Waals surface area contributed by atoms with Gasteiger partial charge in [-0.1, -0.05) is 0 Å². The predicted molar refractivity (Wildman–Crippen MR) is 101 cm³/mol. The highest BCUT2D eigenvalue weighted by Crippen LogP contribution is 2.40. The van der Waals surface area contributed by atoms with Gasteiger partial charge in [0.25, 0.3) is 0 Å². The molecule has 1 aromatic carbocycles. The Kier molecular flexibility index (Phi) is 5.66. The first-order chi connectivity index (χ1) is 12.1. The van der Waals surface area contributed by atoms with Crippen molar-refractivity contribution in [2.45, 2.75) is 25.3 Å². The molecule has 1 heterocycles. The van der Waals surface area contributed by atoms with Crippen molar-refractivity contribution >= 4 is 0 Å². The van der Waals surface area contributed by atoms with Gasteiger partial charge in [-0.3, -0.25) is 0 Å². The summed E-state index contributed by atoms with van der Waals surface area (Å²) in [5.41, 5.74) is 3.78. The molecular formula is C20H28N4O. The lowest BCUT2D eigenvalue weighted by molar-refractivity contribution is 0.279. The first-order valence-corrected chi connectivity index (χ1v) is 8.94. The normalized spacial score (nSPS) is 16.5. The molecule has 0 amide bonds. The van der Waals surface area contributed by atoms with Crippen molar-refractivity contribution < 1.29 is 4.74 Å². The van der Waals surface area contributed by atoms with Crippen LogP contribution < -0.4 is 4.74 Å². The number of aromatic nitrogens is 2. The molecule has 0 bridgehead atoms. The molecule has 0 spiro atoms. The highest BCUT2D eigenvalue weighted by atomic mass is 16.5. The molecule has 1 aromatic heterocycles. The Bertz CT molecular complexity index is 700. The summed E-state index contributed by atoms with van der Waals surface area (Å²) in [5.74, 6) is 1.64. The van der Waals surface area contributed by atoms with Crippen LogP contribution in [0.3, 0.4) is 0 Å². The molecular weight excluding hydrogens is 312 g/mol. The van der Waals surface area contributed by atoms with Crippen molar-refractivity contribution in [1.82, 2.24) is 19.8 Å². The Labute approximate surface area is 150 Å². The van der Waals surface area contributed by atoms with E-state index < -0.39 is 0 Å². The van der Waals surface area contributed by atoms with Gasteiger partial charge in [0, 0.05) is 25.0 Å². The zero-order valence-electron chi connectivity index (χ0n) is 15.7. The topological polar surface area (TPSA) is 41.5 Å². The van der Waals surface area contributed by atoms with Crippen LogP contribution in [0.5, 0.6) is 5.75 Å². The quantitative estimate of drug-likeness (QED) is 0.725. The van der Waals surface area contributed by atoms with Crippen LogP contribution in [0, 0.1) is 0 Å². The highest BCUT2D eigenvalue weighted by molar-refractivity contribution is 5.67. The van der Waals surface area contributed by atoms with Crippen molar-refractivity contribution in [3.05, 3.63) is 41.7 Å². The summed E-state index contributed by atoms with van der Waals surface area (Å²) in [6.45, 7) is 1.71. The van der Waals surface area contributed by atoms with Crippen molar-refractivity contribution in [3.8, 4) is 17.1 Å². The SMILES string of the molecule is CN(C)CCCOc1cc2c(cc1-c1ncccn1)CCC2N(C)C. The molecule has 1 aliphatic rings. The van der Waals surface area contributed by atoms with Gasteiger partial charge in [-0.15, -0.1) is 0 Å². The highest BCUT2D eigenvalue weighted by Gasteiger charge is 2.27. The smallest absolute Gasteiger partial charge is 0.162 e. The molecule has 3 rings (SSSR count). The van der Waals surface area contributed by atoms with Crippen molar-refractivity contribution in [2.75, 3.05) is 41.3 Å². The van der Waals surface area contributed by atoms with Gasteiger partial charge in [0.15, 0.2) is 5.82 Å². The van der Waals surface area contributed by atoms with E-state index in [-0.39, 0.29) is 0 Å². The molecule has 0 N–H and O–H groups in total. The Morgan fingerprint density at radius 1 is 1.12 bits per heavy atom. The van der Waals surface area contributed by atoms with E-state index in [1.54, 1.807) is 12.4 Å². The molecule has 5 heteroatoms. The van der Waals surface area contributed by atoms with E-state index in [9.17, 15) is 0 Å². The molecule has 0 saturated heterocycles. The van der Waals surface area contributed by atoms with E-state index in [1.807, 2.05) is 6.07 Å². The van der Waals surface area contributed by atoms with Gasteiger partial charge < -0.3 is 14.5 Å². The first kappa shape index (κ1) is 17.8. The maximum atomic E-state index is 6.17. The van der Waals surface area contributed by atoms with E-state index >= 15 is 0 Å². The third-order valence-corrected chi connectivity index (χ3v) is 4.72. The lowest BCUT2D eigenvalue weighted by Gasteiger charge is -2.21. The molecule has 1 atom stereocenters. The van der Waals surface area contributed by atoms with Gasteiger partial charge in [-0.05, 0) is 76.8 Å². The Balaban J connectivity index is 1.91. The van der Waals surface area contributed by atoms with Crippen molar-refractivity contribution in [2.24, 2.45) is 0 Å². The number of nitrogens with zero attached hydrogens (tertiary/aromatic N) is 4. The number of rotatable bonds is 7. The van der Waals surface area contributed by atoms with Gasteiger partial charge in [-0.25, -0.2) is 9.97 Å². The van der Waals surface area contributed by atoms with Crippen molar-refractivity contribution in [1.29, 1.82) is 0 Å².